The summed E-state index contributed by atoms with van der Waals surface area (Å²) in [6.45, 7) is 1.10. The van der Waals surface area contributed by atoms with E-state index in [4.69, 9.17) is 0 Å². The number of fused-ring (bicyclic) bond motifs is 1. The molecule has 3 nitrogen and oxygen atoms in total. The van der Waals surface area contributed by atoms with Gasteiger partial charge in [0, 0.05) is 6.04 Å². The molecule has 0 radical (unpaired) electrons. The molecule has 0 amide bonds. The normalized spacial score (nSPS) is 25.9. The first kappa shape index (κ1) is 12.2. The topological polar surface area (TPSA) is 46.2 Å². The fraction of sp³-hybridized carbons (Fsp3) is 0.571. The van der Waals surface area contributed by atoms with E-state index in [-0.39, 0.29) is 5.75 Å². The Hall–Kier alpha value is -0.870. The lowest BCUT2D eigenvalue weighted by Gasteiger charge is -2.24. The molecule has 2 heterocycles. The lowest BCUT2D eigenvalue weighted by Crippen LogP contribution is -2.35. The van der Waals surface area contributed by atoms with Crippen molar-refractivity contribution in [2.45, 2.75) is 43.0 Å². The van der Waals surface area contributed by atoms with Gasteiger partial charge in [0.05, 0.1) is 10.6 Å². The van der Waals surface area contributed by atoms with Crippen molar-refractivity contribution in [3.8, 4) is 0 Å². The Balaban J connectivity index is 1.88. The van der Waals surface area contributed by atoms with Crippen molar-refractivity contribution in [3.05, 3.63) is 29.3 Å². The van der Waals surface area contributed by atoms with Crippen LogP contribution in [0.4, 0.5) is 0 Å². The minimum Gasteiger partial charge on any atom is -0.314 e. The molecule has 0 spiro atoms. The Bertz CT molecular complexity index is 545. The van der Waals surface area contributed by atoms with Crippen LogP contribution in [0.3, 0.4) is 0 Å². The third-order valence-electron chi connectivity index (χ3n) is 4.06. The average Bonchev–Trinajstić information content (AvgIpc) is 2.68. The molecule has 1 aromatic rings. The zero-order valence-electron chi connectivity index (χ0n) is 10.5. The van der Waals surface area contributed by atoms with Gasteiger partial charge in [-0.15, -0.1) is 0 Å². The van der Waals surface area contributed by atoms with Crippen LogP contribution in [0.5, 0.6) is 0 Å². The third kappa shape index (κ3) is 2.19. The predicted molar refractivity (Wildman–Crippen MR) is 71.5 cm³/mol. The van der Waals surface area contributed by atoms with Crippen molar-refractivity contribution >= 4 is 9.84 Å². The molecule has 0 bridgehead atoms. The van der Waals surface area contributed by atoms with Crippen LogP contribution in [0.1, 0.15) is 30.4 Å². The highest BCUT2D eigenvalue weighted by atomic mass is 32.2. The summed E-state index contributed by atoms with van der Waals surface area (Å²) in [5.74, 6) is 0.289. The summed E-state index contributed by atoms with van der Waals surface area (Å²) in [5.41, 5.74) is 2.30. The van der Waals surface area contributed by atoms with Crippen LogP contribution < -0.4 is 5.32 Å². The Morgan fingerprint density at radius 3 is 2.94 bits per heavy atom. The highest BCUT2D eigenvalue weighted by molar-refractivity contribution is 7.91. The minimum absolute atomic E-state index is 0.289. The maximum Gasteiger partial charge on any atom is 0.178 e. The molecule has 1 N–H and O–H groups in total. The summed E-state index contributed by atoms with van der Waals surface area (Å²) in [6, 6.07) is 6.26. The van der Waals surface area contributed by atoms with Crippen LogP contribution in [0.2, 0.25) is 0 Å². The Labute approximate surface area is 109 Å². The van der Waals surface area contributed by atoms with Crippen LogP contribution in [-0.2, 0) is 22.7 Å². The van der Waals surface area contributed by atoms with Crippen molar-refractivity contribution in [1.29, 1.82) is 0 Å². The number of hydrogen-bond acceptors (Lipinski definition) is 3. The first-order chi connectivity index (χ1) is 8.67. The molecule has 1 aromatic carbocycles. The number of rotatable bonds is 2. The summed E-state index contributed by atoms with van der Waals surface area (Å²) in [6.07, 6.45) is 5.42. The molecule has 1 fully saturated rings. The van der Waals surface area contributed by atoms with Crippen LogP contribution in [0, 0.1) is 0 Å². The fourth-order valence-corrected chi connectivity index (χ4v) is 4.67. The second-order valence-corrected chi connectivity index (χ2v) is 7.39. The molecule has 4 heteroatoms. The molecule has 3 rings (SSSR count). The minimum atomic E-state index is -2.99. The van der Waals surface area contributed by atoms with E-state index in [2.05, 4.69) is 11.4 Å². The van der Waals surface area contributed by atoms with E-state index in [9.17, 15) is 8.42 Å². The van der Waals surface area contributed by atoms with Gasteiger partial charge in [0.2, 0.25) is 0 Å². The van der Waals surface area contributed by atoms with Gasteiger partial charge >= 0.3 is 0 Å². The second kappa shape index (κ2) is 4.67. The van der Waals surface area contributed by atoms with Crippen molar-refractivity contribution < 1.29 is 8.42 Å². The summed E-state index contributed by atoms with van der Waals surface area (Å²) >= 11 is 0. The van der Waals surface area contributed by atoms with E-state index in [1.807, 2.05) is 6.07 Å². The zero-order valence-corrected chi connectivity index (χ0v) is 11.3. The fourth-order valence-electron chi connectivity index (χ4n) is 3.09. The van der Waals surface area contributed by atoms with Gasteiger partial charge in [0.1, 0.15) is 0 Å². The van der Waals surface area contributed by atoms with Crippen LogP contribution in [0.15, 0.2) is 23.1 Å². The lowest BCUT2D eigenvalue weighted by atomic mass is 9.94. The van der Waals surface area contributed by atoms with Crippen molar-refractivity contribution in [3.63, 3.8) is 0 Å². The van der Waals surface area contributed by atoms with E-state index in [0.29, 0.717) is 17.4 Å². The molecule has 0 aliphatic carbocycles. The largest absolute Gasteiger partial charge is 0.314 e. The predicted octanol–water partition coefficient (Wildman–Crippen LogP) is 1.70. The maximum absolute atomic E-state index is 11.9. The van der Waals surface area contributed by atoms with Crippen molar-refractivity contribution in [1.82, 2.24) is 5.32 Å². The smallest absolute Gasteiger partial charge is 0.178 e. The molecule has 1 atom stereocenters. The van der Waals surface area contributed by atoms with Gasteiger partial charge in [-0.2, -0.15) is 0 Å². The number of piperidine rings is 1. The molecule has 18 heavy (non-hydrogen) atoms. The van der Waals surface area contributed by atoms with Crippen molar-refractivity contribution in [2.24, 2.45) is 0 Å². The first-order valence-corrected chi connectivity index (χ1v) is 8.39. The molecular formula is C14H19NO2S. The average molecular weight is 265 g/mol. The standard InChI is InChI=1S/C14H19NO2S/c16-18(17)9-7-13-11(4-3-6-14(13)18)10-12-5-1-2-8-15-12/h3-4,6,12,15H,1-2,5,7-10H2. The Kier molecular flexibility index (Phi) is 3.16. The third-order valence-corrected chi connectivity index (χ3v) is 5.86. The van der Waals surface area contributed by atoms with E-state index in [1.54, 1.807) is 6.07 Å². The number of hydrogen-bond donors (Lipinski definition) is 1. The van der Waals surface area contributed by atoms with Gasteiger partial charge in [-0.1, -0.05) is 18.6 Å². The SMILES string of the molecule is O=S1(=O)CCc2c(CC3CCCCN3)cccc21. The molecule has 0 aromatic heterocycles. The Morgan fingerprint density at radius 1 is 1.28 bits per heavy atom. The van der Waals surface area contributed by atoms with E-state index < -0.39 is 9.84 Å². The second-order valence-electron chi connectivity index (χ2n) is 5.31. The van der Waals surface area contributed by atoms with E-state index >= 15 is 0 Å². The summed E-state index contributed by atoms with van der Waals surface area (Å²) in [7, 11) is -2.99. The van der Waals surface area contributed by atoms with Crippen LogP contribution >= 0.6 is 0 Å². The van der Waals surface area contributed by atoms with Gasteiger partial charge in [0.25, 0.3) is 0 Å². The molecule has 0 saturated carbocycles. The monoisotopic (exact) mass is 265 g/mol. The van der Waals surface area contributed by atoms with E-state index in [0.717, 1.165) is 18.5 Å². The number of nitrogens with one attached hydrogen (secondary N) is 1. The quantitative estimate of drug-likeness (QED) is 0.885. The highest BCUT2D eigenvalue weighted by Gasteiger charge is 2.28. The highest BCUT2D eigenvalue weighted by Crippen LogP contribution is 2.29. The van der Waals surface area contributed by atoms with Crippen LogP contribution in [0.25, 0.3) is 0 Å². The molecular weight excluding hydrogens is 246 g/mol. The van der Waals surface area contributed by atoms with Crippen LogP contribution in [-0.4, -0.2) is 26.8 Å². The lowest BCUT2D eigenvalue weighted by molar-refractivity contribution is 0.398. The molecule has 1 unspecified atom stereocenters. The molecule has 2 aliphatic heterocycles. The van der Waals surface area contributed by atoms with Gasteiger partial charge in [-0.3, -0.25) is 0 Å². The number of sulfone groups is 1. The van der Waals surface area contributed by atoms with Gasteiger partial charge in [-0.25, -0.2) is 8.42 Å². The van der Waals surface area contributed by atoms with Gasteiger partial charge < -0.3 is 5.32 Å². The summed E-state index contributed by atoms with van der Waals surface area (Å²) < 4.78 is 23.8. The van der Waals surface area contributed by atoms with Gasteiger partial charge in [0.15, 0.2) is 9.84 Å². The molecule has 2 aliphatic rings. The summed E-state index contributed by atoms with van der Waals surface area (Å²) in [5, 5.41) is 3.53. The van der Waals surface area contributed by atoms with Gasteiger partial charge in [-0.05, 0) is 49.4 Å². The summed E-state index contributed by atoms with van der Waals surface area (Å²) in [4.78, 5) is 0.579. The Morgan fingerprint density at radius 2 is 2.17 bits per heavy atom. The molecule has 1 saturated heterocycles. The maximum atomic E-state index is 11.9. The number of benzene rings is 1. The van der Waals surface area contributed by atoms with E-state index in [1.165, 1.54) is 24.8 Å². The van der Waals surface area contributed by atoms with Crippen molar-refractivity contribution in [2.75, 3.05) is 12.3 Å². The molecule has 98 valence electrons. The zero-order chi connectivity index (χ0) is 12.6. The first-order valence-electron chi connectivity index (χ1n) is 6.74.